The van der Waals surface area contributed by atoms with Crippen LogP contribution < -0.4 is 10.1 Å². The summed E-state index contributed by atoms with van der Waals surface area (Å²) in [6, 6.07) is 14.7. The molecule has 2 aromatic carbocycles. The Morgan fingerprint density at radius 3 is 2.54 bits per heavy atom. The zero-order valence-electron chi connectivity index (χ0n) is 15.7. The van der Waals surface area contributed by atoms with E-state index in [9.17, 15) is 9.59 Å². The van der Waals surface area contributed by atoms with Gasteiger partial charge in [-0.25, -0.2) is 0 Å². The first-order valence-corrected chi connectivity index (χ1v) is 10.2. The van der Waals surface area contributed by atoms with Crippen LogP contribution in [0.3, 0.4) is 0 Å². The van der Waals surface area contributed by atoms with Crippen molar-refractivity contribution in [1.29, 1.82) is 0 Å². The maximum Gasteiger partial charge on any atom is 0.265 e. The van der Waals surface area contributed by atoms with E-state index in [-0.39, 0.29) is 18.4 Å². The van der Waals surface area contributed by atoms with Gasteiger partial charge in [-0.15, -0.1) is 11.3 Å². The van der Waals surface area contributed by atoms with Crippen LogP contribution in [0.1, 0.15) is 23.5 Å². The van der Waals surface area contributed by atoms with Gasteiger partial charge in [0.05, 0.1) is 9.90 Å². The van der Waals surface area contributed by atoms with E-state index in [2.05, 4.69) is 5.32 Å². The summed E-state index contributed by atoms with van der Waals surface area (Å²) in [6.45, 7) is 5.03. The molecule has 146 valence electrons. The number of halogens is 1. The average molecular weight is 417 g/mol. The molecule has 7 heteroatoms. The summed E-state index contributed by atoms with van der Waals surface area (Å²) in [6.07, 6.45) is 0. The minimum atomic E-state index is -0.192. The van der Waals surface area contributed by atoms with Crippen LogP contribution in [-0.4, -0.2) is 36.4 Å². The lowest BCUT2D eigenvalue weighted by molar-refractivity contribution is -0.132. The number of thiophene rings is 1. The summed E-state index contributed by atoms with van der Waals surface area (Å²) < 4.78 is 6.60. The molecule has 0 saturated heterocycles. The van der Waals surface area contributed by atoms with Gasteiger partial charge in [0.15, 0.2) is 6.61 Å². The Hall–Kier alpha value is -2.57. The Labute approximate surface area is 172 Å². The maximum absolute atomic E-state index is 12.5. The van der Waals surface area contributed by atoms with Crippen LogP contribution >= 0.6 is 22.9 Å². The predicted molar refractivity (Wildman–Crippen MR) is 115 cm³/mol. The molecule has 28 heavy (non-hydrogen) atoms. The number of rotatable bonds is 7. The molecule has 3 rings (SSSR count). The number of nitrogens with one attached hydrogen (secondary N) is 1. The number of benzene rings is 2. The van der Waals surface area contributed by atoms with E-state index in [1.54, 1.807) is 23.1 Å². The van der Waals surface area contributed by atoms with Gasteiger partial charge in [-0.05, 0) is 49.6 Å². The molecule has 2 amide bonds. The van der Waals surface area contributed by atoms with E-state index < -0.39 is 0 Å². The molecule has 1 heterocycles. The van der Waals surface area contributed by atoms with Gasteiger partial charge in [-0.3, -0.25) is 9.59 Å². The number of carbonyl (C=O) groups is 2. The van der Waals surface area contributed by atoms with Crippen molar-refractivity contribution in [2.75, 3.05) is 25.0 Å². The standard InChI is InChI=1S/C21H21ClN2O3S/c1-3-24(4-2)20(25)13-27-17-10-9-15(12-16(17)22)23-21(26)19-11-14-7-5-6-8-18(14)28-19/h5-12H,3-4,13H2,1-2H3,(H,23,26). The zero-order chi connectivity index (χ0) is 20.1. The van der Waals surface area contributed by atoms with Crippen molar-refractivity contribution in [3.05, 3.63) is 58.4 Å². The molecular weight excluding hydrogens is 396 g/mol. The SMILES string of the molecule is CCN(CC)C(=O)COc1ccc(NC(=O)c2cc3ccccc3s2)cc1Cl. The van der Waals surface area contributed by atoms with Crippen LogP contribution in [0.4, 0.5) is 5.69 Å². The normalized spacial score (nSPS) is 10.7. The Morgan fingerprint density at radius 2 is 1.86 bits per heavy atom. The molecule has 0 aliphatic rings. The van der Waals surface area contributed by atoms with E-state index in [0.717, 1.165) is 10.1 Å². The summed E-state index contributed by atoms with van der Waals surface area (Å²) in [4.78, 5) is 26.9. The highest BCUT2D eigenvalue weighted by Gasteiger charge is 2.14. The fraction of sp³-hybridized carbons (Fsp3) is 0.238. The largest absolute Gasteiger partial charge is 0.482 e. The fourth-order valence-electron chi connectivity index (χ4n) is 2.79. The number of hydrogen-bond donors (Lipinski definition) is 1. The summed E-state index contributed by atoms with van der Waals surface area (Å²) in [5.41, 5.74) is 0.565. The molecule has 1 aromatic heterocycles. The topological polar surface area (TPSA) is 58.6 Å². The van der Waals surface area contributed by atoms with Crippen molar-refractivity contribution in [1.82, 2.24) is 4.90 Å². The molecule has 0 atom stereocenters. The Bertz CT molecular complexity index is 965. The number of ether oxygens (including phenoxy) is 1. The van der Waals surface area contributed by atoms with E-state index in [0.29, 0.717) is 34.4 Å². The molecule has 3 aromatic rings. The van der Waals surface area contributed by atoms with Crippen LogP contribution in [0.15, 0.2) is 48.5 Å². The van der Waals surface area contributed by atoms with Crippen molar-refractivity contribution in [3.8, 4) is 5.75 Å². The second-order valence-electron chi connectivity index (χ2n) is 6.10. The van der Waals surface area contributed by atoms with Crippen LogP contribution in [0.2, 0.25) is 5.02 Å². The molecule has 0 spiro atoms. The third-order valence-electron chi connectivity index (χ3n) is 4.31. The lowest BCUT2D eigenvalue weighted by Crippen LogP contribution is -2.34. The Morgan fingerprint density at radius 1 is 1.11 bits per heavy atom. The number of fused-ring (bicyclic) bond motifs is 1. The van der Waals surface area contributed by atoms with Gasteiger partial charge >= 0.3 is 0 Å². The highest BCUT2D eigenvalue weighted by molar-refractivity contribution is 7.20. The van der Waals surface area contributed by atoms with Gasteiger partial charge in [-0.1, -0.05) is 29.8 Å². The fourth-order valence-corrected chi connectivity index (χ4v) is 3.98. The van der Waals surface area contributed by atoms with Gasteiger partial charge < -0.3 is 15.0 Å². The number of nitrogens with zero attached hydrogens (tertiary/aromatic N) is 1. The summed E-state index contributed by atoms with van der Waals surface area (Å²) in [5.74, 6) is 0.118. The monoisotopic (exact) mass is 416 g/mol. The molecule has 0 saturated carbocycles. The van der Waals surface area contributed by atoms with Crippen LogP contribution in [-0.2, 0) is 4.79 Å². The Kier molecular flexibility index (Phi) is 6.54. The number of hydrogen-bond acceptors (Lipinski definition) is 4. The highest BCUT2D eigenvalue weighted by atomic mass is 35.5. The van der Waals surface area contributed by atoms with E-state index in [1.165, 1.54) is 11.3 Å². The maximum atomic E-state index is 12.5. The van der Waals surface area contributed by atoms with E-state index in [1.807, 2.05) is 44.2 Å². The van der Waals surface area contributed by atoms with E-state index >= 15 is 0 Å². The lowest BCUT2D eigenvalue weighted by Gasteiger charge is -2.19. The number of amides is 2. The quantitative estimate of drug-likeness (QED) is 0.586. The summed E-state index contributed by atoms with van der Waals surface area (Å²) in [5, 5.41) is 4.22. The van der Waals surface area contributed by atoms with E-state index in [4.69, 9.17) is 16.3 Å². The van der Waals surface area contributed by atoms with Crippen molar-refractivity contribution in [2.24, 2.45) is 0 Å². The van der Waals surface area contributed by atoms with Crippen LogP contribution in [0.25, 0.3) is 10.1 Å². The number of likely N-dealkylation sites (N-methyl/N-ethyl adjacent to an activating group) is 1. The molecule has 0 radical (unpaired) electrons. The molecular formula is C21H21ClN2O3S. The minimum Gasteiger partial charge on any atom is -0.482 e. The second-order valence-corrected chi connectivity index (χ2v) is 7.59. The van der Waals surface area contributed by atoms with Gasteiger partial charge in [0.25, 0.3) is 11.8 Å². The zero-order valence-corrected chi connectivity index (χ0v) is 17.3. The first-order valence-electron chi connectivity index (χ1n) is 9.01. The molecule has 5 nitrogen and oxygen atoms in total. The average Bonchev–Trinajstić information content (AvgIpc) is 3.13. The molecule has 1 N–H and O–H groups in total. The van der Waals surface area contributed by atoms with Gasteiger partial charge in [0, 0.05) is 23.5 Å². The first-order chi connectivity index (χ1) is 13.5. The highest BCUT2D eigenvalue weighted by Crippen LogP contribution is 2.29. The van der Waals surface area contributed by atoms with Crippen molar-refractivity contribution >= 4 is 50.5 Å². The van der Waals surface area contributed by atoms with Gasteiger partial charge in [0.1, 0.15) is 5.75 Å². The lowest BCUT2D eigenvalue weighted by atomic mass is 10.2. The van der Waals surface area contributed by atoms with Crippen molar-refractivity contribution in [2.45, 2.75) is 13.8 Å². The minimum absolute atomic E-state index is 0.0745. The number of carbonyl (C=O) groups excluding carboxylic acids is 2. The summed E-state index contributed by atoms with van der Waals surface area (Å²) in [7, 11) is 0. The predicted octanol–water partition coefficient (Wildman–Crippen LogP) is 5.05. The molecule has 0 aliphatic carbocycles. The van der Waals surface area contributed by atoms with Crippen molar-refractivity contribution in [3.63, 3.8) is 0 Å². The van der Waals surface area contributed by atoms with Crippen LogP contribution in [0.5, 0.6) is 5.75 Å². The van der Waals surface area contributed by atoms with Crippen LogP contribution in [0, 0.1) is 0 Å². The van der Waals surface area contributed by atoms with Gasteiger partial charge in [-0.2, -0.15) is 0 Å². The second kappa shape index (κ2) is 9.08. The Balaban J connectivity index is 1.65. The molecule has 0 unspecified atom stereocenters. The smallest absolute Gasteiger partial charge is 0.265 e. The molecule has 0 bridgehead atoms. The number of anilines is 1. The third kappa shape index (κ3) is 4.64. The molecule has 0 aliphatic heterocycles. The van der Waals surface area contributed by atoms with Gasteiger partial charge in [0.2, 0.25) is 0 Å². The molecule has 0 fully saturated rings. The first kappa shape index (κ1) is 20.2. The third-order valence-corrected chi connectivity index (χ3v) is 5.72. The summed E-state index contributed by atoms with van der Waals surface area (Å²) >= 11 is 7.69. The van der Waals surface area contributed by atoms with Crippen molar-refractivity contribution < 1.29 is 14.3 Å².